The smallest absolute Gasteiger partial charge is 0.325 e. The van der Waals surface area contributed by atoms with Crippen LogP contribution in [0.25, 0.3) is 10.9 Å². The minimum absolute atomic E-state index is 0.112. The number of para-hydroxylation sites is 1. The van der Waals surface area contributed by atoms with Crippen LogP contribution in [0.2, 0.25) is 0 Å². The van der Waals surface area contributed by atoms with Crippen LogP contribution < -0.4 is 10.2 Å². The number of fused-ring (bicyclic) bond motifs is 1. The molecule has 7 heteroatoms. The van der Waals surface area contributed by atoms with Crippen LogP contribution in [-0.2, 0) is 16.1 Å². The molecule has 0 aliphatic carbocycles. The van der Waals surface area contributed by atoms with E-state index in [0.29, 0.717) is 24.5 Å². The maximum absolute atomic E-state index is 12.3. The number of hydrogen-bond donors (Lipinski definition) is 1. The van der Waals surface area contributed by atoms with Crippen molar-refractivity contribution in [1.29, 1.82) is 0 Å². The predicted octanol–water partition coefficient (Wildman–Crippen LogP) is 3.37. The minimum Gasteiger partial charge on any atom is -0.494 e. The number of ether oxygens (including phenoxy) is 2. The van der Waals surface area contributed by atoms with E-state index < -0.39 is 0 Å². The quantitative estimate of drug-likeness (QED) is 0.361. The summed E-state index contributed by atoms with van der Waals surface area (Å²) >= 11 is 0. The van der Waals surface area contributed by atoms with Crippen molar-refractivity contribution in [3.05, 3.63) is 65.9 Å². The van der Waals surface area contributed by atoms with Crippen LogP contribution in [0.4, 0.5) is 0 Å². The Hall–Kier alpha value is -3.61. The zero-order valence-electron chi connectivity index (χ0n) is 16.4. The molecule has 3 rings (SSSR count). The van der Waals surface area contributed by atoms with Crippen molar-refractivity contribution in [3.63, 3.8) is 0 Å². The van der Waals surface area contributed by atoms with Gasteiger partial charge < -0.3 is 14.0 Å². The lowest BCUT2D eigenvalue weighted by Crippen LogP contribution is -2.17. The van der Waals surface area contributed by atoms with Crippen LogP contribution in [0.15, 0.2) is 59.8 Å². The highest BCUT2D eigenvalue weighted by atomic mass is 16.5. The monoisotopic (exact) mass is 393 g/mol. The van der Waals surface area contributed by atoms with Gasteiger partial charge in [-0.05, 0) is 44.2 Å². The van der Waals surface area contributed by atoms with Gasteiger partial charge in [0.05, 0.1) is 19.4 Å². The molecule has 0 fully saturated rings. The molecule has 0 saturated heterocycles. The third-order valence-corrected chi connectivity index (χ3v) is 4.22. The molecule has 0 aliphatic heterocycles. The summed E-state index contributed by atoms with van der Waals surface area (Å²) in [5.74, 6) is 0.0852. The molecule has 0 saturated carbocycles. The fourth-order valence-electron chi connectivity index (χ4n) is 2.95. The number of nitrogens with zero attached hydrogens (tertiary/aromatic N) is 2. The van der Waals surface area contributed by atoms with Crippen molar-refractivity contribution in [1.82, 2.24) is 9.99 Å². The number of amides is 1. The molecule has 7 nitrogen and oxygen atoms in total. The minimum atomic E-state index is -0.320. The van der Waals surface area contributed by atoms with Crippen LogP contribution in [0, 0.1) is 0 Å². The molecule has 1 N–H and O–H groups in total. The number of nitrogens with one attached hydrogen (secondary N) is 1. The summed E-state index contributed by atoms with van der Waals surface area (Å²) in [6, 6.07) is 14.5. The zero-order valence-corrected chi connectivity index (χ0v) is 16.4. The first kappa shape index (κ1) is 20.1. The highest BCUT2D eigenvalue weighted by Crippen LogP contribution is 2.20. The highest BCUT2D eigenvalue weighted by Gasteiger charge is 2.11. The van der Waals surface area contributed by atoms with E-state index in [-0.39, 0.29) is 18.4 Å². The van der Waals surface area contributed by atoms with Gasteiger partial charge in [0.25, 0.3) is 5.91 Å². The molecule has 3 aromatic rings. The number of rotatable bonds is 8. The lowest BCUT2D eigenvalue weighted by Gasteiger charge is -2.04. The third kappa shape index (κ3) is 5.01. The van der Waals surface area contributed by atoms with Gasteiger partial charge in [-0.2, -0.15) is 5.10 Å². The molecule has 2 aromatic carbocycles. The maximum atomic E-state index is 12.3. The van der Waals surface area contributed by atoms with Crippen LogP contribution in [0.1, 0.15) is 29.8 Å². The Morgan fingerprint density at radius 2 is 1.83 bits per heavy atom. The Morgan fingerprint density at radius 1 is 1.07 bits per heavy atom. The van der Waals surface area contributed by atoms with Crippen LogP contribution in [0.3, 0.4) is 0 Å². The molecule has 1 aromatic heterocycles. The third-order valence-electron chi connectivity index (χ3n) is 4.22. The second-order valence-electron chi connectivity index (χ2n) is 6.19. The Kier molecular flexibility index (Phi) is 6.63. The van der Waals surface area contributed by atoms with E-state index in [1.807, 2.05) is 42.0 Å². The van der Waals surface area contributed by atoms with Gasteiger partial charge in [0.15, 0.2) is 0 Å². The molecule has 0 aliphatic rings. The van der Waals surface area contributed by atoms with E-state index in [0.717, 1.165) is 16.5 Å². The second kappa shape index (κ2) is 9.54. The first-order valence-electron chi connectivity index (χ1n) is 9.42. The summed E-state index contributed by atoms with van der Waals surface area (Å²) < 4.78 is 12.2. The number of carbonyl (C=O) groups excluding carboxylic acids is 2. The van der Waals surface area contributed by atoms with Crippen LogP contribution in [0.5, 0.6) is 5.75 Å². The Balaban J connectivity index is 1.73. The normalized spacial score (nSPS) is 11.0. The summed E-state index contributed by atoms with van der Waals surface area (Å²) in [7, 11) is 0. The van der Waals surface area contributed by atoms with Gasteiger partial charge in [0.2, 0.25) is 0 Å². The summed E-state index contributed by atoms with van der Waals surface area (Å²) in [6.07, 6.45) is 3.38. The second-order valence-corrected chi connectivity index (χ2v) is 6.19. The molecule has 0 radical (unpaired) electrons. The predicted molar refractivity (Wildman–Crippen MR) is 111 cm³/mol. The summed E-state index contributed by atoms with van der Waals surface area (Å²) in [5.41, 5.74) is 4.68. The van der Waals surface area contributed by atoms with Crippen molar-refractivity contribution in [3.8, 4) is 5.75 Å². The van der Waals surface area contributed by atoms with Crippen molar-refractivity contribution in [2.75, 3.05) is 13.2 Å². The van der Waals surface area contributed by atoms with Crippen molar-refractivity contribution < 1.29 is 19.1 Å². The molecule has 0 atom stereocenters. The molecule has 1 amide bonds. The number of hydrogen-bond acceptors (Lipinski definition) is 5. The van der Waals surface area contributed by atoms with Crippen LogP contribution in [-0.4, -0.2) is 35.9 Å². The highest BCUT2D eigenvalue weighted by molar-refractivity contribution is 6.01. The Morgan fingerprint density at radius 3 is 2.55 bits per heavy atom. The Bertz CT molecular complexity index is 1020. The van der Waals surface area contributed by atoms with E-state index in [4.69, 9.17) is 9.47 Å². The van der Waals surface area contributed by atoms with Gasteiger partial charge in [-0.1, -0.05) is 18.2 Å². The van der Waals surface area contributed by atoms with E-state index in [1.54, 1.807) is 37.4 Å². The van der Waals surface area contributed by atoms with Crippen LogP contribution >= 0.6 is 0 Å². The molecule has 0 spiro atoms. The average Bonchev–Trinajstić information content (AvgIpc) is 3.06. The van der Waals surface area contributed by atoms with Gasteiger partial charge >= 0.3 is 5.97 Å². The van der Waals surface area contributed by atoms with Crippen molar-refractivity contribution in [2.24, 2.45) is 5.10 Å². The zero-order chi connectivity index (χ0) is 20.6. The fourth-order valence-corrected chi connectivity index (χ4v) is 2.95. The van der Waals surface area contributed by atoms with Gasteiger partial charge in [-0.25, -0.2) is 5.43 Å². The largest absolute Gasteiger partial charge is 0.494 e. The summed E-state index contributed by atoms with van der Waals surface area (Å²) in [4.78, 5) is 24.1. The van der Waals surface area contributed by atoms with E-state index in [9.17, 15) is 9.59 Å². The number of carbonyl (C=O) groups is 2. The first-order chi connectivity index (χ1) is 14.1. The molecule has 0 bridgehead atoms. The summed E-state index contributed by atoms with van der Waals surface area (Å²) in [5, 5.41) is 5.00. The Labute approximate surface area is 168 Å². The van der Waals surface area contributed by atoms with Crippen molar-refractivity contribution in [2.45, 2.75) is 20.4 Å². The fraction of sp³-hybridized carbons (Fsp3) is 0.227. The molecule has 150 valence electrons. The number of benzene rings is 2. The molecule has 0 unspecified atom stereocenters. The van der Waals surface area contributed by atoms with E-state index >= 15 is 0 Å². The lowest BCUT2D eigenvalue weighted by molar-refractivity contribution is -0.143. The number of hydrazone groups is 1. The standard InChI is InChI=1S/C22H23N3O4/c1-3-28-18-11-9-16(10-12-18)22(27)24-23-13-17-14-25(15-21(26)29-4-2)20-8-6-5-7-19(17)20/h5-14H,3-4,15H2,1-2H3,(H,24,27)/b23-13+. The molecule has 29 heavy (non-hydrogen) atoms. The SMILES string of the molecule is CCOC(=O)Cn1cc(/C=N/NC(=O)c2ccc(OCC)cc2)c2ccccc21. The van der Waals surface area contributed by atoms with E-state index in [2.05, 4.69) is 10.5 Å². The van der Waals surface area contributed by atoms with Gasteiger partial charge in [-0.15, -0.1) is 0 Å². The van der Waals surface area contributed by atoms with Gasteiger partial charge in [0, 0.05) is 28.2 Å². The number of esters is 1. The van der Waals surface area contributed by atoms with Gasteiger partial charge in [-0.3, -0.25) is 9.59 Å². The van der Waals surface area contributed by atoms with E-state index in [1.165, 1.54) is 0 Å². The lowest BCUT2D eigenvalue weighted by atomic mass is 10.2. The molecular formula is C22H23N3O4. The average molecular weight is 393 g/mol. The van der Waals surface area contributed by atoms with Gasteiger partial charge in [0.1, 0.15) is 12.3 Å². The first-order valence-corrected chi connectivity index (χ1v) is 9.42. The maximum Gasteiger partial charge on any atom is 0.325 e. The summed E-state index contributed by atoms with van der Waals surface area (Å²) in [6.45, 7) is 4.69. The number of aromatic nitrogens is 1. The topological polar surface area (TPSA) is 81.9 Å². The van der Waals surface area contributed by atoms with Crippen molar-refractivity contribution >= 4 is 29.0 Å². The molecular weight excluding hydrogens is 370 g/mol. The molecule has 1 heterocycles.